The molecule has 0 radical (unpaired) electrons. The van der Waals surface area contributed by atoms with Crippen LogP contribution in [-0.4, -0.2) is 23.4 Å². The Kier molecular flexibility index (Phi) is 15.8. The van der Waals surface area contributed by atoms with E-state index in [1.54, 1.807) is 0 Å². The number of carbonyl (C=O) groups excluding carboxylic acids is 2. The van der Waals surface area contributed by atoms with Gasteiger partial charge in [0.2, 0.25) is 0 Å². The van der Waals surface area contributed by atoms with Gasteiger partial charge in [0.1, 0.15) is 0 Å². The third-order valence-corrected chi connectivity index (χ3v) is 7.95. The molecular weight excluding hydrogens is 470 g/mol. The van der Waals surface area contributed by atoms with Gasteiger partial charge in [-0.2, -0.15) is 0 Å². The molecule has 212 valence electrons. The molecule has 0 saturated carbocycles. The number of hydrogen-bond donors (Lipinski definition) is 0. The van der Waals surface area contributed by atoms with Crippen LogP contribution in [0.4, 0.5) is 0 Å². The van der Waals surface area contributed by atoms with Crippen LogP contribution in [-0.2, 0) is 23.0 Å². The molecule has 4 heteroatoms. The number of rotatable bonds is 21. The number of nitrogens with zero attached hydrogens (tertiary/aromatic N) is 1. The van der Waals surface area contributed by atoms with Crippen molar-refractivity contribution in [3.8, 4) is 11.1 Å². The molecule has 0 aliphatic rings. The second-order valence-electron chi connectivity index (χ2n) is 10.9. The minimum absolute atomic E-state index is 0.218. The topological polar surface area (TPSA) is 48.3 Å². The van der Waals surface area contributed by atoms with Crippen LogP contribution >= 0.6 is 0 Å². The summed E-state index contributed by atoms with van der Waals surface area (Å²) in [6.45, 7) is 4.30. The highest BCUT2D eigenvalue weighted by molar-refractivity contribution is 6.04. The molecule has 0 fully saturated rings. The lowest BCUT2D eigenvalue weighted by atomic mass is 9.94. The van der Waals surface area contributed by atoms with Crippen LogP contribution in [0.5, 0.6) is 0 Å². The monoisotopic (exact) mass is 523 g/mol. The van der Waals surface area contributed by atoms with Crippen molar-refractivity contribution in [3.05, 3.63) is 47.3 Å². The normalized spacial score (nSPS) is 11.2. The minimum atomic E-state index is -0.228. The molecule has 1 aromatic heterocycles. The van der Waals surface area contributed by atoms with Crippen molar-refractivity contribution in [2.75, 3.05) is 7.11 Å². The van der Waals surface area contributed by atoms with Gasteiger partial charge in [0.05, 0.1) is 13.5 Å². The maximum absolute atomic E-state index is 13.4. The number of Topliss-reactive ketones (excluding diaryl/α,β-unsaturated/α-hetero) is 1. The summed E-state index contributed by atoms with van der Waals surface area (Å²) in [6.07, 6.45) is 21.3. The highest BCUT2D eigenvalue weighted by Gasteiger charge is 2.24. The lowest BCUT2D eigenvalue weighted by Crippen LogP contribution is -2.06. The molecule has 0 bridgehead atoms. The molecule has 0 saturated heterocycles. The van der Waals surface area contributed by atoms with Crippen molar-refractivity contribution < 1.29 is 14.3 Å². The van der Waals surface area contributed by atoms with E-state index >= 15 is 0 Å². The van der Waals surface area contributed by atoms with Crippen LogP contribution in [0.2, 0.25) is 0 Å². The summed E-state index contributed by atoms with van der Waals surface area (Å²) in [4.78, 5) is 25.3. The second kappa shape index (κ2) is 18.8. The Balaban J connectivity index is 1.76. The van der Waals surface area contributed by atoms with Crippen LogP contribution in [0.1, 0.15) is 138 Å². The third kappa shape index (κ3) is 10.8. The number of methoxy groups -OCH3 is 1. The summed E-state index contributed by atoms with van der Waals surface area (Å²) in [5.41, 5.74) is 4.86. The Bertz CT molecular complexity index is 944. The smallest absolute Gasteiger partial charge is 0.305 e. The first-order valence-corrected chi connectivity index (χ1v) is 15.3. The van der Waals surface area contributed by atoms with Gasteiger partial charge < -0.3 is 9.30 Å². The third-order valence-electron chi connectivity index (χ3n) is 7.95. The number of ether oxygens (including phenoxy) is 1. The van der Waals surface area contributed by atoms with Crippen molar-refractivity contribution in [3.63, 3.8) is 0 Å². The lowest BCUT2D eigenvalue weighted by Gasteiger charge is -2.09. The van der Waals surface area contributed by atoms with E-state index in [9.17, 15) is 9.59 Å². The summed E-state index contributed by atoms with van der Waals surface area (Å²) >= 11 is 0. The Morgan fingerprint density at radius 2 is 1.24 bits per heavy atom. The highest BCUT2D eigenvalue weighted by Crippen LogP contribution is 2.34. The number of esters is 1. The van der Waals surface area contributed by atoms with Crippen LogP contribution in [0.3, 0.4) is 0 Å². The summed E-state index contributed by atoms with van der Waals surface area (Å²) in [7, 11) is 3.42. The number of carbonyl (C=O) groups is 2. The van der Waals surface area contributed by atoms with Gasteiger partial charge in [-0.1, -0.05) is 127 Å². The molecule has 38 heavy (non-hydrogen) atoms. The Morgan fingerprint density at radius 3 is 1.74 bits per heavy atom. The van der Waals surface area contributed by atoms with E-state index in [1.165, 1.54) is 90.6 Å². The van der Waals surface area contributed by atoms with Crippen molar-refractivity contribution >= 4 is 11.8 Å². The van der Waals surface area contributed by atoms with E-state index in [4.69, 9.17) is 4.74 Å². The molecule has 0 unspecified atom stereocenters. The molecule has 1 heterocycles. The molecule has 1 aromatic carbocycles. The zero-order valence-electron chi connectivity index (χ0n) is 24.8. The van der Waals surface area contributed by atoms with Crippen molar-refractivity contribution in [1.82, 2.24) is 4.57 Å². The Labute approximate surface area is 232 Å². The first-order valence-electron chi connectivity index (χ1n) is 15.3. The first-order chi connectivity index (χ1) is 18.5. The van der Waals surface area contributed by atoms with E-state index in [0.29, 0.717) is 19.3 Å². The predicted octanol–water partition coefficient (Wildman–Crippen LogP) is 9.55. The zero-order valence-corrected chi connectivity index (χ0v) is 24.8. The first kappa shape index (κ1) is 31.9. The van der Waals surface area contributed by atoms with Crippen LogP contribution < -0.4 is 0 Å². The summed E-state index contributed by atoms with van der Waals surface area (Å²) in [5, 5.41) is 0. The summed E-state index contributed by atoms with van der Waals surface area (Å²) < 4.78 is 6.95. The largest absolute Gasteiger partial charge is 0.469 e. The molecular formula is C34H53NO3. The van der Waals surface area contributed by atoms with Crippen LogP contribution in [0.15, 0.2) is 30.3 Å². The second-order valence-corrected chi connectivity index (χ2v) is 10.9. The Hall–Kier alpha value is -2.36. The van der Waals surface area contributed by atoms with Gasteiger partial charge >= 0.3 is 5.97 Å². The van der Waals surface area contributed by atoms with E-state index in [2.05, 4.69) is 23.6 Å². The van der Waals surface area contributed by atoms with E-state index < -0.39 is 0 Å². The molecule has 4 nitrogen and oxygen atoms in total. The molecule has 0 N–H and O–H groups in total. The number of hydrogen-bond acceptors (Lipinski definition) is 3. The van der Waals surface area contributed by atoms with E-state index in [-0.39, 0.29) is 11.8 Å². The predicted molar refractivity (Wildman–Crippen MR) is 160 cm³/mol. The Morgan fingerprint density at radius 1 is 0.737 bits per heavy atom. The van der Waals surface area contributed by atoms with Gasteiger partial charge in [0, 0.05) is 36.0 Å². The van der Waals surface area contributed by atoms with Crippen molar-refractivity contribution in [2.45, 2.75) is 129 Å². The molecule has 0 amide bonds. The minimum Gasteiger partial charge on any atom is -0.469 e. The number of aromatic nitrogens is 1. The maximum Gasteiger partial charge on any atom is 0.305 e. The summed E-state index contributed by atoms with van der Waals surface area (Å²) in [5.74, 6) is -0.00971. The zero-order chi connectivity index (χ0) is 27.6. The average Bonchev–Trinajstić information content (AvgIpc) is 3.19. The number of unbranched alkanes of at least 4 members (excludes halogenated alkanes) is 14. The molecule has 0 aliphatic heterocycles. The molecule has 0 spiro atoms. The van der Waals surface area contributed by atoms with Gasteiger partial charge in [0.25, 0.3) is 0 Å². The molecule has 0 aliphatic carbocycles. The highest BCUT2D eigenvalue weighted by atomic mass is 16.5. The average molecular weight is 524 g/mol. The fourth-order valence-electron chi connectivity index (χ4n) is 5.52. The van der Waals surface area contributed by atoms with Gasteiger partial charge in [-0.25, -0.2) is 0 Å². The molecule has 2 aromatic rings. The lowest BCUT2D eigenvalue weighted by molar-refractivity contribution is -0.140. The van der Waals surface area contributed by atoms with Gasteiger partial charge in [-0.05, 0) is 25.3 Å². The van der Waals surface area contributed by atoms with Gasteiger partial charge in [-0.3, -0.25) is 9.59 Å². The van der Waals surface area contributed by atoms with Gasteiger partial charge in [-0.15, -0.1) is 0 Å². The standard InChI is InChI=1S/C34H53NO3/c1-5-6-7-8-9-10-11-12-13-14-15-16-17-18-22-25-31(36)33-28(2)35(3)30(26-27-32(37)38-4)34(33)29-23-20-19-21-24-29/h19-21,23-24H,5-18,22,25-27H2,1-4H3. The van der Waals surface area contributed by atoms with E-state index in [1.807, 2.05) is 32.2 Å². The van der Waals surface area contributed by atoms with Crippen LogP contribution in [0, 0.1) is 6.92 Å². The number of ketones is 1. The molecule has 0 atom stereocenters. The van der Waals surface area contributed by atoms with Crippen molar-refractivity contribution in [1.29, 1.82) is 0 Å². The number of benzene rings is 1. The fourth-order valence-corrected chi connectivity index (χ4v) is 5.52. The van der Waals surface area contributed by atoms with Gasteiger partial charge in [0.15, 0.2) is 5.78 Å². The maximum atomic E-state index is 13.4. The SMILES string of the molecule is CCCCCCCCCCCCCCCCCC(=O)c1c(-c2ccccc2)c(CCC(=O)OC)n(C)c1C. The van der Waals surface area contributed by atoms with Crippen molar-refractivity contribution in [2.24, 2.45) is 7.05 Å². The molecule has 2 rings (SSSR count). The van der Waals surface area contributed by atoms with E-state index in [0.717, 1.165) is 40.9 Å². The van der Waals surface area contributed by atoms with Crippen LogP contribution in [0.25, 0.3) is 11.1 Å². The fraction of sp³-hybridized carbons (Fsp3) is 0.647. The quantitative estimate of drug-likeness (QED) is 0.0929. The summed E-state index contributed by atoms with van der Waals surface area (Å²) in [6, 6.07) is 10.1.